The zero-order valence-corrected chi connectivity index (χ0v) is 16.8. The molecule has 0 aliphatic heterocycles. The van der Waals surface area contributed by atoms with Gasteiger partial charge in [0.15, 0.2) is 0 Å². The molecule has 0 aromatic heterocycles. The summed E-state index contributed by atoms with van der Waals surface area (Å²) in [5.74, 6) is 1.05. The Labute approximate surface area is 170 Å². The van der Waals surface area contributed by atoms with Crippen LogP contribution in [0.25, 0.3) is 21.9 Å². The maximum atomic E-state index is 11.9. The molecule has 3 aromatic carbocycles. The average Bonchev–Trinajstić information content (AvgIpc) is 2.76. The van der Waals surface area contributed by atoms with Crippen LogP contribution < -0.4 is 9.47 Å². The molecule has 0 amide bonds. The van der Waals surface area contributed by atoms with Gasteiger partial charge in [-0.3, -0.25) is 4.79 Å². The van der Waals surface area contributed by atoms with Crippen LogP contribution in [0.1, 0.15) is 24.5 Å². The van der Waals surface area contributed by atoms with Gasteiger partial charge in [-0.2, -0.15) is 5.26 Å². The summed E-state index contributed by atoms with van der Waals surface area (Å²) in [7, 11) is 3.20. The number of carbonyl (C=O) groups excluding carboxylic acids is 1. The van der Waals surface area contributed by atoms with Gasteiger partial charge in [-0.1, -0.05) is 24.3 Å². The van der Waals surface area contributed by atoms with Gasteiger partial charge in [0.05, 0.1) is 26.4 Å². The molecule has 0 radical (unpaired) electrons. The van der Waals surface area contributed by atoms with Crippen molar-refractivity contribution in [3.63, 3.8) is 0 Å². The molecule has 148 valence electrons. The largest absolute Gasteiger partial charge is 0.497 e. The summed E-state index contributed by atoms with van der Waals surface area (Å²) in [5, 5.41) is 12.0. The monoisotopic (exact) mass is 389 g/mol. The molecule has 0 fully saturated rings. The summed E-state index contributed by atoms with van der Waals surface area (Å²) in [4.78, 5) is 11.9. The van der Waals surface area contributed by atoms with E-state index in [9.17, 15) is 10.1 Å². The second-order valence-corrected chi connectivity index (χ2v) is 6.48. The highest BCUT2D eigenvalue weighted by Gasteiger charge is 2.19. The second-order valence-electron chi connectivity index (χ2n) is 6.48. The molecular weight excluding hydrogens is 366 g/mol. The van der Waals surface area contributed by atoms with Gasteiger partial charge in [-0.15, -0.1) is 0 Å². The number of rotatable bonds is 7. The topological polar surface area (TPSA) is 68.6 Å². The predicted octanol–water partition coefficient (Wildman–Crippen LogP) is 4.89. The van der Waals surface area contributed by atoms with Crippen LogP contribution in [0.15, 0.2) is 48.5 Å². The molecule has 0 aliphatic carbocycles. The van der Waals surface area contributed by atoms with Crippen LogP contribution in [-0.2, 0) is 16.0 Å². The van der Waals surface area contributed by atoms with Crippen LogP contribution in [0.4, 0.5) is 0 Å². The fourth-order valence-corrected chi connectivity index (χ4v) is 3.51. The molecule has 5 nitrogen and oxygen atoms in total. The van der Waals surface area contributed by atoms with Crippen molar-refractivity contribution in [1.29, 1.82) is 5.26 Å². The lowest BCUT2D eigenvalue weighted by Gasteiger charge is -2.16. The predicted molar refractivity (Wildman–Crippen MR) is 112 cm³/mol. The molecule has 3 rings (SSSR count). The molecular formula is C24H23NO4. The Bertz CT molecular complexity index is 1080. The summed E-state index contributed by atoms with van der Waals surface area (Å²) in [6, 6.07) is 17.7. The van der Waals surface area contributed by atoms with E-state index in [1.54, 1.807) is 21.1 Å². The van der Waals surface area contributed by atoms with Gasteiger partial charge in [-0.05, 0) is 53.9 Å². The molecule has 0 saturated heterocycles. The number of nitriles is 1. The maximum absolute atomic E-state index is 11.9. The number of nitrogens with zero attached hydrogens (tertiary/aromatic N) is 1. The highest BCUT2D eigenvalue weighted by Crippen LogP contribution is 2.39. The highest BCUT2D eigenvalue weighted by molar-refractivity contribution is 5.95. The van der Waals surface area contributed by atoms with E-state index < -0.39 is 0 Å². The van der Waals surface area contributed by atoms with Gasteiger partial charge in [0.1, 0.15) is 17.6 Å². The van der Waals surface area contributed by atoms with Crippen LogP contribution in [-0.4, -0.2) is 26.8 Å². The van der Waals surface area contributed by atoms with Crippen molar-refractivity contribution in [3.05, 3.63) is 59.7 Å². The first-order valence-corrected chi connectivity index (χ1v) is 9.45. The van der Waals surface area contributed by atoms with E-state index in [1.807, 2.05) is 48.5 Å². The van der Waals surface area contributed by atoms with E-state index in [1.165, 1.54) is 0 Å². The van der Waals surface area contributed by atoms with E-state index in [0.29, 0.717) is 30.1 Å². The third-order valence-corrected chi connectivity index (χ3v) is 4.85. The van der Waals surface area contributed by atoms with Crippen LogP contribution in [0.2, 0.25) is 0 Å². The lowest BCUT2D eigenvalue weighted by atomic mass is 9.88. The minimum atomic E-state index is -0.273. The molecule has 0 aliphatic rings. The summed E-state index contributed by atoms with van der Waals surface area (Å²) in [5.41, 5.74) is 2.88. The second kappa shape index (κ2) is 9.11. The fourth-order valence-electron chi connectivity index (χ4n) is 3.51. The molecule has 0 bridgehead atoms. The smallest absolute Gasteiger partial charge is 0.306 e. The first-order chi connectivity index (χ1) is 14.1. The van der Waals surface area contributed by atoms with Crippen molar-refractivity contribution in [2.45, 2.75) is 19.8 Å². The van der Waals surface area contributed by atoms with E-state index in [4.69, 9.17) is 14.2 Å². The molecule has 0 saturated carbocycles. The van der Waals surface area contributed by atoms with Crippen LogP contribution in [0.5, 0.6) is 11.5 Å². The number of methoxy groups -OCH3 is 2. The van der Waals surface area contributed by atoms with Crippen molar-refractivity contribution in [3.8, 4) is 28.7 Å². The number of carbonyl (C=O) groups is 1. The SMILES string of the molecule is CCOC(=O)CCc1c(C#N)c(-c2cc(OC)ccc2OC)cc2ccccc12. The minimum absolute atomic E-state index is 0.214. The first-order valence-electron chi connectivity index (χ1n) is 9.45. The van der Waals surface area contributed by atoms with Gasteiger partial charge >= 0.3 is 5.97 Å². The molecule has 29 heavy (non-hydrogen) atoms. The van der Waals surface area contributed by atoms with Crippen molar-refractivity contribution < 1.29 is 19.0 Å². The third kappa shape index (κ3) is 4.17. The number of fused-ring (bicyclic) bond motifs is 1. The van der Waals surface area contributed by atoms with Crippen molar-refractivity contribution in [2.24, 2.45) is 0 Å². The highest BCUT2D eigenvalue weighted by atomic mass is 16.5. The van der Waals surface area contributed by atoms with E-state index in [-0.39, 0.29) is 12.4 Å². The summed E-state index contributed by atoms with van der Waals surface area (Å²) in [6.45, 7) is 2.12. The molecule has 0 N–H and O–H groups in total. The molecule has 0 heterocycles. The normalized spacial score (nSPS) is 10.4. The van der Waals surface area contributed by atoms with Crippen molar-refractivity contribution >= 4 is 16.7 Å². The Hall–Kier alpha value is -3.52. The quantitative estimate of drug-likeness (QED) is 0.538. The maximum Gasteiger partial charge on any atom is 0.306 e. The Morgan fingerprint density at radius 1 is 1.03 bits per heavy atom. The summed E-state index contributed by atoms with van der Waals surface area (Å²) < 4.78 is 16.0. The zero-order chi connectivity index (χ0) is 20.8. The van der Waals surface area contributed by atoms with Crippen molar-refractivity contribution in [2.75, 3.05) is 20.8 Å². The van der Waals surface area contributed by atoms with Gasteiger partial charge in [0, 0.05) is 17.5 Å². The van der Waals surface area contributed by atoms with Crippen LogP contribution >= 0.6 is 0 Å². The molecule has 3 aromatic rings. The lowest BCUT2D eigenvalue weighted by molar-refractivity contribution is -0.143. The Morgan fingerprint density at radius 3 is 2.52 bits per heavy atom. The number of hydrogen-bond acceptors (Lipinski definition) is 5. The van der Waals surface area contributed by atoms with E-state index in [2.05, 4.69) is 6.07 Å². The number of esters is 1. The van der Waals surface area contributed by atoms with Crippen LogP contribution in [0.3, 0.4) is 0 Å². The van der Waals surface area contributed by atoms with Gasteiger partial charge < -0.3 is 14.2 Å². The molecule has 0 unspecified atom stereocenters. The standard InChI is InChI=1S/C24H23NO4/c1-4-29-24(26)12-10-19-18-8-6-5-7-16(18)13-20(22(19)15-25)21-14-17(27-2)9-11-23(21)28-3/h5-9,11,13-14H,4,10,12H2,1-3H3. The van der Waals surface area contributed by atoms with E-state index >= 15 is 0 Å². The molecule has 5 heteroatoms. The third-order valence-electron chi connectivity index (χ3n) is 4.85. The van der Waals surface area contributed by atoms with E-state index in [0.717, 1.165) is 27.5 Å². The number of ether oxygens (including phenoxy) is 3. The van der Waals surface area contributed by atoms with Crippen LogP contribution in [0, 0.1) is 11.3 Å². The fraction of sp³-hybridized carbons (Fsp3) is 0.250. The van der Waals surface area contributed by atoms with Crippen molar-refractivity contribution in [1.82, 2.24) is 0 Å². The first kappa shape index (κ1) is 20.2. The minimum Gasteiger partial charge on any atom is -0.497 e. The Balaban J connectivity index is 2.24. The average molecular weight is 389 g/mol. The Morgan fingerprint density at radius 2 is 1.83 bits per heavy atom. The summed E-state index contributed by atoms with van der Waals surface area (Å²) >= 11 is 0. The molecule has 0 atom stereocenters. The summed E-state index contributed by atoms with van der Waals surface area (Å²) in [6.07, 6.45) is 0.633. The Kier molecular flexibility index (Phi) is 6.36. The number of benzene rings is 3. The lowest BCUT2D eigenvalue weighted by Crippen LogP contribution is -2.07. The number of hydrogen-bond donors (Lipinski definition) is 0. The van der Waals surface area contributed by atoms with Gasteiger partial charge in [0.2, 0.25) is 0 Å². The van der Waals surface area contributed by atoms with Gasteiger partial charge in [0.25, 0.3) is 0 Å². The van der Waals surface area contributed by atoms with Gasteiger partial charge in [-0.25, -0.2) is 0 Å². The zero-order valence-electron chi connectivity index (χ0n) is 16.8. The number of aryl methyl sites for hydroxylation is 1. The molecule has 0 spiro atoms.